The first-order chi connectivity index (χ1) is 5.27. The average molecular weight is 153 g/mol. The second-order valence-corrected chi connectivity index (χ2v) is 3.12. The van der Waals surface area contributed by atoms with Crippen LogP contribution in [0.25, 0.3) is 0 Å². The molecule has 0 saturated heterocycles. The third-order valence-corrected chi connectivity index (χ3v) is 1.55. The molecule has 1 heteroatoms. The van der Waals surface area contributed by atoms with Gasteiger partial charge >= 0.3 is 0 Å². The Labute approximate surface area is 70.6 Å². The molecular weight excluding hydrogens is 134 g/mol. The topological polar surface area (TPSA) is 12.0 Å². The number of hydrogen-bond donors (Lipinski definition) is 1. The lowest BCUT2D eigenvalue weighted by molar-refractivity contribution is 0.551. The smallest absolute Gasteiger partial charge is 0.00860 e. The van der Waals surface area contributed by atoms with Gasteiger partial charge in [-0.3, -0.25) is 0 Å². The van der Waals surface area contributed by atoms with E-state index < -0.39 is 0 Å². The Balaban J connectivity index is 2.86. The molecule has 0 bridgehead atoms. The van der Waals surface area contributed by atoms with Gasteiger partial charge in [0.05, 0.1) is 0 Å². The Hall–Kier alpha value is -0.480. The summed E-state index contributed by atoms with van der Waals surface area (Å²) in [6.07, 6.45) is 9.74. The van der Waals surface area contributed by atoms with Crippen molar-refractivity contribution in [2.45, 2.75) is 45.6 Å². The van der Waals surface area contributed by atoms with Crippen molar-refractivity contribution in [2.75, 3.05) is 6.54 Å². The van der Waals surface area contributed by atoms with Gasteiger partial charge in [0, 0.05) is 12.5 Å². The van der Waals surface area contributed by atoms with E-state index in [-0.39, 0.29) is 0 Å². The van der Waals surface area contributed by atoms with E-state index in [2.05, 4.69) is 25.1 Å². The van der Waals surface area contributed by atoms with Gasteiger partial charge in [0.15, 0.2) is 0 Å². The summed E-state index contributed by atoms with van der Waals surface area (Å²) in [5.41, 5.74) is 0. The zero-order valence-electron chi connectivity index (χ0n) is 7.69. The zero-order chi connectivity index (χ0) is 8.53. The largest absolute Gasteiger partial charge is 0.315 e. The molecule has 0 fully saturated rings. The van der Waals surface area contributed by atoms with Gasteiger partial charge in [-0.25, -0.2) is 0 Å². The summed E-state index contributed by atoms with van der Waals surface area (Å²) in [5.74, 6) is 2.65. The number of nitrogens with one attached hydrogen (secondary N) is 1. The van der Waals surface area contributed by atoms with Crippen molar-refractivity contribution >= 4 is 0 Å². The molecule has 0 aliphatic carbocycles. The lowest BCUT2D eigenvalue weighted by Crippen LogP contribution is -2.23. The van der Waals surface area contributed by atoms with Crippen molar-refractivity contribution in [1.29, 1.82) is 0 Å². The number of rotatable bonds is 6. The van der Waals surface area contributed by atoms with Crippen LogP contribution in [0.5, 0.6) is 0 Å². The van der Waals surface area contributed by atoms with Crippen molar-refractivity contribution in [3.8, 4) is 12.3 Å². The van der Waals surface area contributed by atoms with Crippen LogP contribution >= 0.6 is 0 Å². The van der Waals surface area contributed by atoms with Crippen LogP contribution in [0.4, 0.5) is 0 Å². The Morgan fingerprint density at radius 1 is 1.27 bits per heavy atom. The highest BCUT2D eigenvalue weighted by Crippen LogP contribution is 1.97. The predicted octanol–water partition coefficient (Wildman–Crippen LogP) is 2.18. The molecule has 0 aliphatic rings. The Morgan fingerprint density at radius 3 is 2.55 bits per heavy atom. The highest BCUT2D eigenvalue weighted by molar-refractivity contribution is 4.82. The zero-order valence-corrected chi connectivity index (χ0v) is 7.69. The summed E-state index contributed by atoms with van der Waals surface area (Å²) in [6.45, 7) is 5.46. The van der Waals surface area contributed by atoms with E-state index in [4.69, 9.17) is 6.42 Å². The normalized spacial score (nSPS) is 10.0. The Kier molecular flexibility index (Phi) is 7.29. The first kappa shape index (κ1) is 10.5. The molecule has 0 aliphatic heterocycles. The molecule has 0 atom stereocenters. The highest BCUT2D eigenvalue weighted by atomic mass is 14.9. The third kappa shape index (κ3) is 9.52. The molecule has 11 heavy (non-hydrogen) atoms. The fraction of sp³-hybridized carbons (Fsp3) is 0.800. The summed E-state index contributed by atoms with van der Waals surface area (Å²) in [7, 11) is 0. The second-order valence-electron chi connectivity index (χ2n) is 3.12. The molecule has 0 spiro atoms. The summed E-state index contributed by atoms with van der Waals surface area (Å²) in [6, 6.07) is 0.614. The van der Waals surface area contributed by atoms with Crippen molar-refractivity contribution in [3.63, 3.8) is 0 Å². The summed E-state index contributed by atoms with van der Waals surface area (Å²) >= 11 is 0. The van der Waals surface area contributed by atoms with Crippen LogP contribution in [0.2, 0.25) is 0 Å². The van der Waals surface area contributed by atoms with E-state index in [1.54, 1.807) is 0 Å². The molecule has 0 radical (unpaired) electrons. The van der Waals surface area contributed by atoms with Crippen LogP contribution in [0.3, 0.4) is 0 Å². The van der Waals surface area contributed by atoms with E-state index in [0.717, 1.165) is 13.0 Å². The van der Waals surface area contributed by atoms with Gasteiger partial charge in [-0.05, 0) is 19.4 Å². The van der Waals surface area contributed by atoms with Gasteiger partial charge in [-0.1, -0.05) is 20.3 Å². The van der Waals surface area contributed by atoms with E-state index in [0.29, 0.717) is 6.04 Å². The van der Waals surface area contributed by atoms with Gasteiger partial charge in [-0.15, -0.1) is 12.3 Å². The first-order valence-electron chi connectivity index (χ1n) is 4.44. The lowest BCUT2D eigenvalue weighted by Gasteiger charge is -2.06. The van der Waals surface area contributed by atoms with Gasteiger partial charge in [0.1, 0.15) is 0 Å². The summed E-state index contributed by atoms with van der Waals surface area (Å²) < 4.78 is 0. The van der Waals surface area contributed by atoms with Crippen LogP contribution in [0, 0.1) is 12.3 Å². The molecule has 0 unspecified atom stereocenters. The maximum absolute atomic E-state index is 5.13. The van der Waals surface area contributed by atoms with Gasteiger partial charge in [0.25, 0.3) is 0 Å². The molecular formula is C10H19N. The minimum atomic E-state index is 0.614. The van der Waals surface area contributed by atoms with E-state index in [9.17, 15) is 0 Å². The molecule has 0 rings (SSSR count). The van der Waals surface area contributed by atoms with Crippen molar-refractivity contribution in [2.24, 2.45) is 0 Å². The van der Waals surface area contributed by atoms with E-state index >= 15 is 0 Å². The fourth-order valence-corrected chi connectivity index (χ4v) is 0.920. The number of hydrogen-bond acceptors (Lipinski definition) is 1. The van der Waals surface area contributed by atoms with Crippen LogP contribution in [-0.2, 0) is 0 Å². The monoisotopic (exact) mass is 153 g/mol. The molecule has 0 amide bonds. The molecule has 0 aromatic carbocycles. The van der Waals surface area contributed by atoms with Crippen LogP contribution in [0.1, 0.15) is 39.5 Å². The molecule has 1 N–H and O–H groups in total. The SMILES string of the molecule is C#CCCCCCNC(C)C. The molecule has 64 valence electrons. The van der Waals surface area contributed by atoms with Gasteiger partial charge < -0.3 is 5.32 Å². The number of terminal acetylenes is 1. The first-order valence-corrected chi connectivity index (χ1v) is 4.44. The maximum atomic E-state index is 5.13. The second kappa shape index (κ2) is 7.63. The standard InChI is InChI=1S/C10H19N/c1-4-5-6-7-8-9-11-10(2)3/h1,10-11H,5-9H2,2-3H3. The Bertz CT molecular complexity index is 111. The third-order valence-electron chi connectivity index (χ3n) is 1.55. The van der Waals surface area contributed by atoms with Gasteiger partial charge in [-0.2, -0.15) is 0 Å². The van der Waals surface area contributed by atoms with Crippen LogP contribution in [-0.4, -0.2) is 12.6 Å². The molecule has 0 aromatic rings. The minimum Gasteiger partial charge on any atom is -0.315 e. The predicted molar refractivity (Wildman–Crippen MR) is 50.4 cm³/mol. The molecule has 0 heterocycles. The lowest BCUT2D eigenvalue weighted by atomic mass is 10.2. The van der Waals surface area contributed by atoms with Crippen LogP contribution in [0.15, 0.2) is 0 Å². The summed E-state index contributed by atoms with van der Waals surface area (Å²) in [4.78, 5) is 0. The van der Waals surface area contributed by atoms with Gasteiger partial charge in [0.2, 0.25) is 0 Å². The van der Waals surface area contributed by atoms with E-state index in [1.165, 1.54) is 19.3 Å². The van der Waals surface area contributed by atoms with Crippen LogP contribution < -0.4 is 5.32 Å². The Morgan fingerprint density at radius 2 is 2.00 bits per heavy atom. The number of unbranched alkanes of at least 4 members (excludes halogenated alkanes) is 3. The molecule has 0 aromatic heterocycles. The molecule has 1 nitrogen and oxygen atoms in total. The minimum absolute atomic E-state index is 0.614. The maximum Gasteiger partial charge on any atom is 0.00860 e. The van der Waals surface area contributed by atoms with E-state index in [1.807, 2.05) is 0 Å². The van der Waals surface area contributed by atoms with Crippen molar-refractivity contribution in [1.82, 2.24) is 5.32 Å². The van der Waals surface area contributed by atoms with Crippen molar-refractivity contribution in [3.05, 3.63) is 0 Å². The summed E-state index contributed by atoms with van der Waals surface area (Å²) in [5, 5.41) is 3.37. The van der Waals surface area contributed by atoms with Crippen molar-refractivity contribution < 1.29 is 0 Å². The quantitative estimate of drug-likeness (QED) is 0.455. The fourth-order valence-electron chi connectivity index (χ4n) is 0.920. The highest BCUT2D eigenvalue weighted by Gasteiger charge is 1.90. The average Bonchev–Trinajstić information content (AvgIpc) is 1.96. The molecule has 0 saturated carbocycles.